The van der Waals surface area contributed by atoms with Crippen LogP contribution in [0.1, 0.15) is 30.6 Å². The number of aromatic nitrogens is 1. The molecule has 0 aliphatic heterocycles. The van der Waals surface area contributed by atoms with Crippen molar-refractivity contribution in [2.45, 2.75) is 25.6 Å². The largest absolute Gasteiger partial charge is 0.433 e. The molecule has 1 unspecified atom stereocenters. The Bertz CT molecular complexity index is 321. The first kappa shape index (κ1) is 11.9. The van der Waals surface area contributed by atoms with Crippen molar-refractivity contribution in [1.82, 2.24) is 10.4 Å². The summed E-state index contributed by atoms with van der Waals surface area (Å²) in [5.41, 5.74) is 1.54. The number of nitrogens with zero attached hydrogens (tertiary/aromatic N) is 1. The lowest BCUT2D eigenvalue weighted by Crippen LogP contribution is -2.29. The zero-order chi connectivity index (χ0) is 11.5. The number of nitrogens with two attached hydrogens (primary N) is 1. The molecule has 1 aromatic rings. The van der Waals surface area contributed by atoms with Crippen molar-refractivity contribution < 1.29 is 13.2 Å². The van der Waals surface area contributed by atoms with E-state index in [2.05, 4.69) is 10.4 Å². The molecule has 0 aromatic carbocycles. The number of pyridine rings is 1. The van der Waals surface area contributed by atoms with Gasteiger partial charge in [0.25, 0.3) is 0 Å². The predicted octanol–water partition coefficient (Wildman–Crippen LogP) is 2.01. The number of rotatable bonds is 3. The van der Waals surface area contributed by atoms with Crippen LogP contribution in [-0.4, -0.2) is 4.98 Å². The highest BCUT2D eigenvalue weighted by atomic mass is 19.4. The van der Waals surface area contributed by atoms with Crippen molar-refractivity contribution in [3.05, 3.63) is 29.6 Å². The van der Waals surface area contributed by atoms with Crippen molar-refractivity contribution in [2.24, 2.45) is 5.84 Å². The van der Waals surface area contributed by atoms with Gasteiger partial charge in [-0.15, -0.1) is 0 Å². The predicted molar refractivity (Wildman–Crippen MR) is 49.6 cm³/mol. The number of hydrogen-bond donors (Lipinski definition) is 2. The second kappa shape index (κ2) is 4.59. The summed E-state index contributed by atoms with van der Waals surface area (Å²) in [6.07, 6.45) is -2.86. The molecule has 1 heterocycles. The van der Waals surface area contributed by atoms with Gasteiger partial charge in [0.2, 0.25) is 0 Å². The van der Waals surface area contributed by atoms with Crippen molar-refractivity contribution >= 4 is 0 Å². The highest BCUT2D eigenvalue weighted by molar-refractivity contribution is 5.25. The summed E-state index contributed by atoms with van der Waals surface area (Å²) in [6, 6.07) is 2.31. The maximum absolute atomic E-state index is 12.6. The van der Waals surface area contributed by atoms with Gasteiger partial charge in [0.1, 0.15) is 5.69 Å². The van der Waals surface area contributed by atoms with E-state index in [9.17, 15) is 13.2 Å². The number of nitrogens with one attached hydrogen (secondary N) is 1. The van der Waals surface area contributed by atoms with Gasteiger partial charge in [0.15, 0.2) is 0 Å². The van der Waals surface area contributed by atoms with Crippen molar-refractivity contribution in [2.75, 3.05) is 0 Å². The maximum atomic E-state index is 12.6. The highest BCUT2D eigenvalue weighted by Gasteiger charge is 2.36. The Morgan fingerprint density at radius 2 is 2.20 bits per heavy atom. The molecule has 0 spiro atoms. The molecule has 0 aliphatic rings. The lowest BCUT2D eigenvalue weighted by molar-refractivity contribution is -0.142. The highest BCUT2D eigenvalue weighted by Crippen LogP contribution is 2.33. The summed E-state index contributed by atoms with van der Waals surface area (Å²) in [7, 11) is 0. The molecule has 0 bridgehead atoms. The smallest absolute Gasteiger partial charge is 0.271 e. The molecule has 1 aromatic heterocycles. The average molecular weight is 219 g/mol. The van der Waals surface area contributed by atoms with Gasteiger partial charge in [0.05, 0.1) is 0 Å². The van der Waals surface area contributed by atoms with Crippen LogP contribution in [0.2, 0.25) is 0 Å². The van der Waals surface area contributed by atoms with Gasteiger partial charge in [-0.1, -0.05) is 13.0 Å². The second-order valence-electron chi connectivity index (χ2n) is 3.07. The molecule has 0 saturated heterocycles. The molecule has 3 nitrogen and oxygen atoms in total. The van der Waals surface area contributed by atoms with Gasteiger partial charge in [-0.2, -0.15) is 13.2 Å². The third-order valence-electron chi connectivity index (χ3n) is 2.09. The summed E-state index contributed by atoms with van der Waals surface area (Å²) in [5, 5.41) is 0. The lowest BCUT2D eigenvalue weighted by atomic mass is 10.0. The van der Waals surface area contributed by atoms with Crippen molar-refractivity contribution in [3.8, 4) is 0 Å². The Hall–Kier alpha value is -1.14. The number of hydrazine groups is 1. The van der Waals surface area contributed by atoms with E-state index in [1.54, 1.807) is 6.92 Å². The normalized spacial score (nSPS) is 13.9. The van der Waals surface area contributed by atoms with E-state index in [4.69, 9.17) is 5.84 Å². The molecule has 1 atom stereocenters. The Labute approximate surface area is 85.5 Å². The zero-order valence-electron chi connectivity index (χ0n) is 8.17. The molecule has 6 heteroatoms. The summed E-state index contributed by atoms with van der Waals surface area (Å²) in [5.74, 6) is 5.18. The van der Waals surface area contributed by atoms with Crippen molar-refractivity contribution in [1.29, 1.82) is 0 Å². The van der Waals surface area contributed by atoms with Crippen molar-refractivity contribution in [3.63, 3.8) is 0 Å². The first-order valence-corrected chi connectivity index (χ1v) is 4.49. The summed E-state index contributed by atoms with van der Waals surface area (Å²) >= 11 is 0. The first-order valence-electron chi connectivity index (χ1n) is 4.49. The van der Waals surface area contributed by atoms with Gasteiger partial charge < -0.3 is 0 Å². The van der Waals surface area contributed by atoms with Gasteiger partial charge in [-0.05, 0) is 12.5 Å². The Morgan fingerprint density at radius 1 is 1.53 bits per heavy atom. The third kappa shape index (κ3) is 2.66. The standard InChI is InChI=1S/C9H12F3N3/c1-2-7(15-13)6-4-3-5-14-8(6)9(10,11)12/h3-5,7,15H,2,13H2,1H3. The van der Waals surface area contributed by atoms with E-state index in [0.29, 0.717) is 6.42 Å². The van der Waals surface area contributed by atoms with Crippen LogP contribution in [0.3, 0.4) is 0 Å². The zero-order valence-corrected chi connectivity index (χ0v) is 8.17. The SMILES string of the molecule is CCC(NN)c1cccnc1C(F)(F)F. The van der Waals surface area contributed by atoms with Gasteiger partial charge in [-0.3, -0.25) is 16.3 Å². The molecular formula is C9H12F3N3. The van der Waals surface area contributed by atoms with E-state index < -0.39 is 17.9 Å². The van der Waals surface area contributed by atoms with E-state index >= 15 is 0 Å². The molecular weight excluding hydrogens is 207 g/mol. The molecule has 0 fully saturated rings. The first-order chi connectivity index (χ1) is 7.00. The van der Waals surface area contributed by atoms with E-state index in [-0.39, 0.29) is 5.56 Å². The minimum Gasteiger partial charge on any atom is -0.271 e. The van der Waals surface area contributed by atoms with Gasteiger partial charge >= 0.3 is 6.18 Å². The maximum Gasteiger partial charge on any atom is 0.433 e. The van der Waals surface area contributed by atoms with Crippen LogP contribution in [0.25, 0.3) is 0 Å². The van der Waals surface area contributed by atoms with E-state index in [0.717, 1.165) is 6.20 Å². The number of alkyl halides is 3. The van der Waals surface area contributed by atoms with Gasteiger partial charge in [-0.25, -0.2) is 0 Å². The summed E-state index contributed by atoms with van der Waals surface area (Å²) < 4.78 is 37.7. The topological polar surface area (TPSA) is 50.9 Å². The van der Waals surface area contributed by atoms with Crippen LogP contribution < -0.4 is 11.3 Å². The molecule has 0 amide bonds. The summed E-state index contributed by atoms with van der Waals surface area (Å²) in [4.78, 5) is 3.35. The average Bonchev–Trinajstić information content (AvgIpc) is 2.19. The third-order valence-corrected chi connectivity index (χ3v) is 2.09. The number of halogens is 3. The molecule has 0 aliphatic carbocycles. The fourth-order valence-corrected chi connectivity index (χ4v) is 1.36. The Kier molecular flexibility index (Phi) is 3.65. The fraction of sp³-hybridized carbons (Fsp3) is 0.444. The minimum atomic E-state index is -4.44. The van der Waals surface area contributed by atoms with Gasteiger partial charge in [0, 0.05) is 17.8 Å². The monoisotopic (exact) mass is 219 g/mol. The van der Waals surface area contributed by atoms with Crippen LogP contribution in [0.15, 0.2) is 18.3 Å². The fourth-order valence-electron chi connectivity index (χ4n) is 1.36. The molecule has 84 valence electrons. The molecule has 0 saturated carbocycles. The quantitative estimate of drug-likeness (QED) is 0.604. The molecule has 0 radical (unpaired) electrons. The van der Waals surface area contributed by atoms with E-state index in [1.165, 1.54) is 12.1 Å². The van der Waals surface area contributed by atoms with Crippen LogP contribution in [-0.2, 0) is 6.18 Å². The van der Waals surface area contributed by atoms with Crippen LogP contribution in [0, 0.1) is 0 Å². The number of hydrogen-bond acceptors (Lipinski definition) is 3. The molecule has 3 N–H and O–H groups in total. The molecule has 15 heavy (non-hydrogen) atoms. The Balaban J connectivity index is 3.17. The Morgan fingerprint density at radius 3 is 2.67 bits per heavy atom. The summed E-state index contributed by atoms with van der Waals surface area (Å²) in [6.45, 7) is 1.75. The van der Waals surface area contributed by atoms with Crippen LogP contribution in [0.4, 0.5) is 13.2 Å². The second-order valence-corrected chi connectivity index (χ2v) is 3.07. The lowest BCUT2D eigenvalue weighted by Gasteiger charge is -2.18. The van der Waals surface area contributed by atoms with Crippen LogP contribution >= 0.6 is 0 Å². The minimum absolute atomic E-state index is 0.0787. The van der Waals surface area contributed by atoms with Crippen LogP contribution in [0.5, 0.6) is 0 Å². The molecule has 1 rings (SSSR count). The van der Waals surface area contributed by atoms with E-state index in [1.807, 2.05) is 0 Å².